The van der Waals surface area contributed by atoms with E-state index in [2.05, 4.69) is 10.2 Å². The van der Waals surface area contributed by atoms with Crippen LogP contribution in [-0.2, 0) is 11.2 Å². The lowest BCUT2D eigenvalue weighted by Gasteiger charge is -2.32. The van der Waals surface area contributed by atoms with Crippen molar-refractivity contribution in [3.8, 4) is 0 Å². The standard InChI is InChI=1S/C16H24N2O2/c1-17-14-15-12(9-11-20-15)8-10-18(16(14)19)13-6-4-2-3-5-7-13/h9,11,13-14,17H,2-8,10H2,1H3. The van der Waals surface area contributed by atoms with Crippen LogP contribution < -0.4 is 5.32 Å². The highest BCUT2D eigenvalue weighted by atomic mass is 16.3. The first-order valence-corrected chi connectivity index (χ1v) is 7.85. The highest BCUT2D eigenvalue weighted by Crippen LogP contribution is 2.30. The van der Waals surface area contributed by atoms with E-state index in [0.29, 0.717) is 6.04 Å². The summed E-state index contributed by atoms with van der Waals surface area (Å²) in [6.45, 7) is 0.828. The van der Waals surface area contributed by atoms with Gasteiger partial charge in [-0.15, -0.1) is 0 Å². The zero-order valence-electron chi connectivity index (χ0n) is 12.2. The molecule has 2 heterocycles. The molecule has 1 atom stereocenters. The molecule has 3 rings (SSSR count). The summed E-state index contributed by atoms with van der Waals surface area (Å²) >= 11 is 0. The number of hydrogen-bond acceptors (Lipinski definition) is 3. The molecule has 1 aliphatic heterocycles. The number of rotatable bonds is 2. The monoisotopic (exact) mass is 276 g/mol. The number of amides is 1. The Morgan fingerprint density at radius 3 is 2.70 bits per heavy atom. The van der Waals surface area contributed by atoms with Crippen molar-refractivity contribution in [2.75, 3.05) is 13.6 Å². The van der Waals surface area contributed by atoms with Crippen LogP contribution in [0.4, 0.5) is 0 Å². The molecule has 1 N–H and O–H groups in total. The second-order valence-corrected chi connectivity index (χ2v) is 5.96. The number of carbonyl (C=O) groups excluding carboxylic acids is 1. The Balaban J connectivity index is 1.83. The van der Waals surface area contributed by atoms with E-state index in [-0.39, 0.29) is 11.9 Å². The van der Waals surface area contributed by atoms with E-state index in [1.807, 2.05) is 13.1 Å². The summed E-state index contributed by atoms with van der Waals surface area (Å²) in [6, 6.07) is 2.11. The number of nitrogens with one attached hydrogen (secondary N) is 1. The van der Waals surface area contributed by atoms with E-state index >= 15 is 0 Å². The second kappa shape index (κ2) is 6.00. The highest BCUT2D eigenvalue weighted by Gasteiger charge is 2.35. The van der Waals surface area contributed by atoms with Gasteiger partial charge in [-0.05, 0) is 37.9 Å². The summed E-state index contributed by atoms with van der Waals surface area (Å²) < 4.78 is 5.56. The molecular weight excluding hydrogens is 252 g/mol. The fourth-order valence-corrected chi connectivity index (χ4v) is 3.62. The molecule has 1 aromatic heterocycles. The Labute approximate surface area is 120 Å². The Hall–Kier alpha value is -1.29. The van der Waals surface area contributed by atoms with E-state index in [0.717, 1.165) is 31.6 Å². The zero-order chi connectivity index (χ0) is 13.9. The quantitative estimate of drug-likeness (QED) is 0.845. The molecule has 0 saturated heterocycles. The van der Waals surface area contributed by atoms with Gasteiger partial charge in [0.1, 0.15) is 11.8 Å². The molecule has 0 bridgehead atoms. The normalized spacial score (nSPS) is 25.1. The summed E-state index contributed by atoms with van der Waals surface area (Å²) in [7, 11) is 1.84. The van der Waals surface area contributed by atoms with Gasteiger partial charge >= 0.3 is 0 Å². The van der Waals surface area contributed by atoms with Crippen molar-refractivity contribution in [1.82, 2.24) is 10.2 Å². The van der Waals surface area contributed by atoms with E-state index in [9.17, 15) is 4.79 Å². The van der Waals surface area contributed by atoms with Crippen LogP contribution in [0.15, 0.2) is 16.7 Å². The van der Waals surface area contributed by atoms with Gasteiger partial charge in [0.2, 0.25) is 5.91 Å². The second-order valence-electron chi connectivity index (χ2n) is 5.96. The maximum absolute atomic E-state index is 12.9. The molecule has 4 nitrogen and oxygen atoms in total. The lowest BCUT2D eigenvalue weighted by Crippen LogP contribution is -2.45. The topological polar surface area (TPSA) is 45.5 Å². The van der Waals surface area contributed by atoms with Gasteiger partial charge in [-0.3, -0.25) is 4.79 Å². The van der Waals surface area contributed by atoms with E-state index in [1.54, 1.807) is 6.26 Å². The van der Waals surface area contributed by atoms with Crippen LogP contribution in [0.3, 0.4) is 0 Å². The molecule has 1 aromatic rings. The minimum Gasteiger partial charge on any atom is -0.467 e. The third-order valence-corrected chi connectivity index (χ3v) is 4.75. The molecule has 1 fully saturated rings. The van der Waals surface area contributed by atoms with Crippen LogP contribution in [0.1, 0.15) is 55.9 Å². The lowest BCUT2D eigenvalue weighted by atomic mass is 10.1. The minimum atomic E-state index is -0.314. The first-order valence-electron chi connectivity index (χ1n) is 7.85. The van der Waals surface area contributed by atoms with Crippen LogP contribution in [0.2, 0.25) is 0 Å². The van der Waals surface area contributed by atoms with Crippen molar-refractivity contribution in [2.24, 2.45) is 0 Å². The maximum Gasteiger partial charge on any atom is 0.247 e. The third-order valence-electron chi connectivity index (χ3n) is 4.75. The van der Waals surface area contributed by atoms with Gasteiger partial charge in [0.05, 0.1) is 6.26 Å². The van der Waals surface area contributed by atoms with Crippen LogP contribution in [0.5, 0.6) is 0 Å². The van der Waals surface area contributed by atoms with Crippen molar-refractivity contribution >= 4 is 5.91 Å². The molecule has 1 aliphatic carbocycles. The number of fused-ring (bicyclic) bond motifs is 1. The average molecular weight is 276 g/mol. The highest BCUT2D eigenvalue weighted by molar-refractivity contribution is 5.84. The SMILES string of the molecule is CNC1C(=O)N(C2CCCCCC2)CCc2ccoc21. The Kier molecular flexibility index (Phi) is 4.10. The minimum absolute atomic E-state index is 0.188. The lowest BCUT2D eigenvalue weighted by molar-refractivity contribution is -0.136. The number of furan rings is 1. The van der Waals surface area contributed by atoms with Gasteiger partial charge in [0, 0.05) is 12.6 Å². The summed E-state index contributed by atoms with van der Waals surface area (Å²) in [5.74, 6) is 1.00. The molecule has 1 amide bonds. The van der Waals surface area contributed by atoms with Crippen LogP contribution in [0, 0.1) is 0 Å². The molecule has 0 spiro atoms. The third kappa shape index (κ3) is 2.49. The van der Waals surface area contributed by atoms with Crippen LogP contribution in [0.25, 0.3) is 0 Å². The molecule has 20 heavy (non-hydrogen) atoms. The molecule has 1 saturated carbocycles. The first kappa shape index (κ1) is 13.7. The van der Waals surface area contributed by atoms with Crippen LogP contribution in [-0.4, -0.2) is 30.4 Å². The average Bonchev–Trinajstić information content (AvgIpc) is 2.69. The predicted octanol–water partition coefficient (Wildman–Crippen LogP) is 2.65. The van der Waals surface area contributed by atoms with Crippen molar-refractivity contribution in [2.45, 2.75) is 57.0 Å². The van der Waals surface area contributed by atoms with Crippen LogP contribution >= 0.6 is 0 Å². The summed E-state index contributed by atoms with van der Waals surface area (Å²) in [5.41, 5.74) is 1.17. The number of likely N-dealkylation sites (N-methyl/N-ethyl adjacent to an activating group) is 1. The largest absolute Gasteiger partial charge is 0.467 e. The van der Waals surface area contributed by atoms with E-state index in [1.165, 1.54) is 31.2 Å². The summed E-state index contributed by atoms with van der Waals surface area (Å²) in [4.78, 5) is 15.0. The summed E-state index contributed by atoms with van der Waals surface area (Å²) in [6.07, 6.45) is 10.1. The maximum atomic E-state index is 12.9. The van der Waals surface area contributed by atoms with Gasteiger partial charge in [0.25, 0.3) is 0 Å². The number of hydrogen-bond donors (Lipinski definition) is 1. The van der Waals surface area contributed by atoms with Gasteiger partial charge in [-0.2, -0.15) is 0 Å². The molecule has 0 aromatic carbocycles. The predicted molar refractivity (Wildman–Crippen MR) is 77.4 cm³/mol. The van der Waals surface area contributed by atoms with Crippen molar-refractivity contribution < 1.29 is 9.21 Å². The van der Waals surface area contributed by atoms with Crippen molar-refractivity contribution in [1.29, 1.82) is 0 Å². The zero-order valence-corrected chi connectivity index (χ0v) is 12.2. The Bertz CT molecular complexity index is 461. The number of nitrogens with zero attached hydrogens (tertiary/aromatic N) is 1. The van der Waals surface area contributed by atoms with E-state index in [4.69, 9.17) is 4.42 Å². The van der Waals surface area contributed by atoms with Gasteiger partial charge in [0.15, 0.2) is 0 Å². The molecule has 1 unspecified atom stereocenters. The molecular formula is C16H24N2O2. The fourth-order valence-electron chi connectivity index (χ4n) is 3.62. The van der Waals surface area contributed by atoms with Crippen molar-refractivity contribution in [3.63, 3.8) is 0 Å². The van der Waals surface area contributed by atoms with Crippen molar-refractivity contribution in [3.05, 3.63) is 23.7 Å². The Morgan fingerprint density at radius 2 is 2.00 bits per heavy atom. The molecule has 4 heteroatoms. The first-order chi connectivity index (χ1) is 9.81. The smallest absolute Gasteiger partial charge is 0.247 e. The Morgan fingerprint density at radius 1 is 1.25 bits per heavy atom. The van der Waals surface area contributed by atoms with Gasteiger partial charge in [-0.1, -0.05) is 25.7 Å². The fraction of sp³-hybridized carbons (Fsp3) is 0.688. The molecule has 0 radical (unpaired) electrons. The van der Waals surface area contributed by atoms with Gasteiger partial charge in [-0.25, -0.2) is 0 Å². The molecule has 110 valence electrons. The molecule has 2 aliphatic rings. The number of carbonyl (C=O) groups is 1. The van der Waals surface area contributed by atoms with E-state index < -0.39 is 0 Å². The van der Waals surface area contributed by atoms with Gasteiger partial charge < -0.3 is 14.6 Å². The summed E-state index contributed by atoms with van der Waals surface area (Å²) in [5, 5.41) is 3.14.